The standard InChI is InChI=1S/C17H28N6O6/c1-9(2)3-12(22-14(25)6-20-15(26)11(18)7-24)16(27)23-13(17(28)29)4-10-5-19-8-21-10/h5,8-9,11-13,24H,3-4,6-7,18H2,1-2H3,(H,19,21)(H,20,26)(H,22,25)(H,23,27)(H,28,29). The van der Waals surface area contributed by atoms with Crippen LogP contribution < -0.4 is 21.7 Å². The van der Waals surface area contributed by atoms with Gasteiger partial charge in [-0.05, 0) is 12.3 Å². The number of nitrogens with two attached hydrogens (primary N) is 1. The Bertz CT molecular complexity index is 693. The molecule has 1 rings (SSSR count). The van der Waals surface area contributed by atoms with Crippen LogP contribution in [0.5, 0.6) is 0 Å². The van der Waals surface area contributed by atoms with Gasteiger partial charge in [0.2, 0.25) is 17.7 Å². The lowest BCUT2D eigenvalue weighted by atomic mass is 10.0. The fourth-order valence-electron chi connectivity index (χ4n) is 2.42. The number of aliphatic hydroxyl groups excluding tert-OH is 1. The third-order valence-corrected chi connectivity index (χ3v) is 3.91. The molecule has 0 saturated carbocycles. The minimum absolute atomic E-state index is 0.00146. The summed E-state index contributed by atoms with van der Waals surface area (Å²) in [5.74, 6) is -3.22. The monoisotopic (exact) mass is 412 g/mol. The molecular formula is C17H28N6O6. The Labute approximate surface area is 167 Å². The number of aromatic amines is 1. The van der Waals surface area contributed by atoms with Crippen LogP contribution in [0, 0.1) is 5.92 Å². The second kappa shape index (κ2) is 11.8. The minimum atomic E-state index is -1.23. The van der Waals surface area contributed by atoms with E-state index in [4.69, 9.17) is 10.8 Å². The van der Waals surface area contributed by atoms with Gasteiger partial charge < -0.3 is 36.9 Å². The number of aliphatic hydroxyl groups is 1. The first kappa shape index (κ1) is 24.0. The SMILES string of the molecule is CC(C)CC(NC(=O)CNC(=O)C(N)CO)C(=O)NC(Cc1cnc[nH]1)C(=O)O. The second-order valence-corrected chi connectivity index (χ2v) is 6.94. The molecule has 3 unspecified atom stereocenters. The first-order valence-electron chi connectivity index (χ1n) is 9.08. The van der Waals surface area contributed by atoms with Crippen LogP contribution in [0.2, 0.25) is 0 Å². The zero-order valence-corrected chi connectivity index (χ0v) is 16.3. The maximum atomic E-state index is 12.6. The number of rotatable bonds is 12. The fraction of sp³-hybridized carbons (Fsp3) is 0.588. The molecule has 0 aliphatic carbocycles. The number of imidazole rings is 1. The Morgan fingerprint density at radius 3 is 2.38 bits per heavy atom. The average Bonchev–Trinajstić information content (AvgIpc) is 3.16. The molecule has 0 spiro atoms. The topological polar surface area (TPSA) is 200 Å². The molecule has 12 nitrogen and oxygen atoms in total. The van der Waals surface area contributed by atoms with E-state index >= 15 is 0 Å². The molecule has 162 valence electrons. The molecule has 0 fully saturated rings. The summed E-state index contributed by atoms with van der Waals surface area (Å²) in [6, 6.07) is -3.36. The van der Waals surface area contributed by atoms with Gasteiger partial charge in [-0.15, -0.1) is 0 Å². The Morgan fingerprint density at radius 1 is 1.17 bits per heavy atom. The molecule has 0 aromatic carbocycles. The van der Waals surface area contributed by atoms with Crippen molar-refractivity contribution in [3.8, 4) is 0 Å². The average molecular weight is 412 g/mol. The predicted octanol–water partition coefficient (Wildman–Crippen LogP) is -2.51. The predicted molar refractivity (Wildman–Crippen MR) is 101 cm³/mol. The van der Waals surface area contributed by atoms with Crippen molar-refractivity contribution in [3.05, 3.63) is 18.2 Å². The number of carbonyl (C=O) groups is 4. The highest BCUT2D eigenvalue weighted by atomic mass is 16.4. The molecule has 29 heavy (non-hydrogen) atoms. The third kappa shape index (κ3) is 8.70. The molecule has 12 heteroatoms. The van der Waals surface area contributed by atoms with Gasteiger partial charge in [0, 0.05) is 18.3 Å². The molecule has 0 bridgehead atoms. The van der Waals surface area contributed by atoms with E-state index in [1.165, 1.54) is 12.5 Å². The molecule has 1 heterocycles. The van der Waals surface area contributed by atoms with Gasteiger partial charge in [0.1, 0.15) is 18.1 Å². The van der Waals surface area contributed by atoms with E-state index in [-0.39, 0.29) is 18.8 Å². The van der Waals surface area contributed by atoms with Crippen molar-refractivity contribution in [2.45, 2.75) is 44.8 Å². The molecular weight excluding hydrogens is 384 g/mol. The quantitative estimate of drug-likeness (QED) is 0.195. The van der Waals surface area contributed by atoms with Crippen LogP contribution in [0.3, 0.4) is 0 Å². The van der Waals surface area contributed by atoms with E-state index < -0.39 is 55.0 Å². The lowest BCUT2D eigenvalue weighted by Crippen LogP contribution is -2.54. The minimum Gasteiger partial charge on any atom is -0.480 e. The van der Waals surface area contributed by atoms with E-state index in [1.807, 2.05) is 13.8 Å². The third-order valence-electron chi connectivity index (χ3n) is 3.91. The number of aliphatic carboxylic acids is 1. The van der Waals surface area contributed by atoms with E-state index in [9.17, 15) is 24.3 Å². The molecule has 0 radical (unpaired) electrons. The zero-order valence-electron chi connectivity index (χ0n) is 16.3. The highest BCUT2D eigenvalue weighted by molar-refractivity contribution is 5.92. The number of H-pyrrole nitrogens is 1. The van der Waals surface area contributed by atoms with Crippen molar-refractivity contribution in [2.24, 2.45) is 11.7 Å². The molecule has 1 aromatic heterocycles. The van der Waals surface area contributed by atoms with Crippen molar-refractivity contribution >= 4 is 23.7 Å². The largest absolute Gasteiger partial charge is 0.480 e. The summed E-state index contributed by atoms with van der Waals surface area (Å²) in [5, 5.41) is 25.3. The van der Waals surface area contributed by atoms with Crippen molar-refractivity contribution in [3.63, 3.8) is 0 Å². The fourth-order valence-corrected chi connectivity index (χ4v) is 2.42. The number of hydrogen-bond donors (Lipinski definition) is 7. The van der Waals surface area contributed by atoms with Gasteiger partial charge in [0.05, 0.1) is 19.5 Å². The Morgan fingerprint density at radius 2 is 1.86 bits per heavy atom. The molecule has 0 aliphatic rings. The van der Waals surface area contributed by atoms with Crippen molar-refractivity contribution in [1.29, 1.82) is 0 Å². The maximum absolute atomic E-state index is 12.6. The van der Waals surface area contributed by atoms with Gasteiger partial charge in [-0.2, -0.15) is 0 Å². The van der Waals surface area contributed by atoms with Crippen LogP contribution >= 0.6 is 0 Å². The summed E-state index contributed by atoms with van der Waals surface area (Å²) in [7, 11) is 0. The number of hydrogen-bond acceptors (Lipinski definition) is 7. The highest BCUT2D eigenvalue weighted by Crippen LogP contribution is 2.07. The van der Waals surface area contributed by atoms with Crippen LogP contribution in [0.25, 0.3) is 0 Å². The first-order chi connectivity index (χ1) is 13.6. The number of carboxylic acid groups (broad SMARTS) is 1. The molecule has 8 N–H and O–H groups in total. The number of nitrogens with one attached hydrogen (secondary N) is 4. The van der Waals surface area contributed by atoms with E-state index in [0.29, 0.717) is 5.69 Å². The summed E-state index contributed by atoms with van der Waals surface area (Å²) in [6.07, 6.45) is 3.11. The van der Waals surface area contributed by atoms with Crippen molar-refractivity contribution in [1.82, 2.24) is 25.9 Å². The summed E-state index contributed by atoms with van der Waals surface area (Å²) < 4.78 is 0. The molecule has 3 atom stereocenters. The summed E-state index contributed by atoms with van der Waals surface area (Å²) >= 11 is 0. The normalized spacial score (nSPS) is 14.0. The van der Waals surface area contributed by atoms with E-state index in [2.05, 4.69) is 25.9 Å². The van der Waals surface area contributed by atoms with Gasteiger partial charge >= 0.3 is 5.97 Å². The van der Waals surface area contributed by atoms with E-state index in [1.54, 1.807) is 0 Å². The van der Waals surface area contributed by atoms with Gasteiger partial charge in [0.15, 0.2) is 0 Å². The number of carbonyl (C=O) groups excluding carboxylic acids is 3. The summed E-state index contributed by atoms with van der Waals surface area (Å²) in [5.41, 5.74) is 5.87. The highest BCUT2D eigenvalue weighted by Gasteiger charge is 2.27. The molecule has 3 amide bonds. The summed E-state index contributed by atoms with van der Waals surface area (Å²) in [4.78, 5) is 54.3. The van der Waals surface area contributed by atoms with Gasteiger partial charge in [0.25, 0.3) is 0 Å². The Kier molecular flexibility index (Phi) is 9.75. The second-order valence-electron chi connectivity index (χ2n) is 6.94. The van der Waals surface area contributed by atoms with Crippen LogP contribution in [-0.2, 0) is 25.6 Å². The van der Waals surface area contributed by atoms with Crippen LogP contribution in [0.1, 0.15) is 26.0 Å². The number of amides is 3. The Balaban J connectivity index is 2.71. The van der Waals surface area contributed by atoms with Gasteiger partial charge in [-0.1, -0.05) is 13.8 Å². The van der Waals surface area contributed by atoms with Crippen LogP contribution in [0.4, 0.5) is 0 Å². The first-order valence-corrected chi connectivity index (χ1v) is 9.08. The van der Waals surface area contributed by atoms with Crippen LogP contribution in [0.15, 0.2) is 12.5 Å². The molecule has 0 saturated heterocycles. The lowest BCUT2D eigenvalue weighted by Gasteiger charge is -2.23. The molecule has 1 aromatic rings. The summed E-state index contributed by atoms with van der Waals surface area (Å²) in [6.45, 7) is 2.67. The number of carboxylic acids is 1. The van der Waals surface area contributed by atoms with Crippen LogP contribution in [-0.4, -0.2) is 75.1 Å². The Hall–Kier alpha value is -2.99. The van der Waals surface area contributed by atoms with Crippen molar-refractivity contribution in [2.75, 3.05) is 13.2 Å². The lowest BCUT2D eigenvalue weighted by molar-refractivity contribution is -0.142. The number of aromatic nitrogens is 2. The van der Waals surface area contributed by atoms with E-state index in [0.717, 1.165) is 0 Å². The van der Waals surface area contributed by atoms with Crippen molar-refractivity contribution < 1.29 is 29.4 Å². The van der Waals surface area contributed by atoms with Gasteiger partial charge in [-0.3, -0.25) is 14.4 Å². The smallest absolute Gasteiger partial charge is 0.326 e. The molecule has 0 aliphatic heterocycles. The van der Waals surface area contributed by atoms with Gasteiger partial charge in [-0.25, -0.2) is 9.78 Å². The zero-order chi connectivity index (χ0) is 22.0. The maximum Gasteiger partial charge on any atom is 0.326 e. The number of nitrogens with zero attached hydrogens (tertiary/aromatic N) is 1.